The lowest BCUT2D eigenvalue weighted by Gasteiger charge is -2.25. The predicted octanol–water partition coefficient (Wildman–Crippen LogP) is 6.27. The van der Waals surface area contributed by atoms with Crippen LogP contribution < -0.4 is 5.32 Å². The van der Waals surface area contributed by atoms with Crippen molar-refractivity contribution in [2.24, 2.45) is 0 Å². The van der Waals surface area contributed by atoms with E-state index in [0.29, 0.717) is 12.8 Å². The van der Waals surface area contributed by atoms with Gasteiger partial charge in [-0.15, -0.1) is 0 Å². The number of unbranched alkanes of at least 4 members (excludes halogenated alkanes) is 11. The van der Waals surface area contributed by atoms with Gasteiger partial charge in [-0.3, -0.25) is 0 Å². The number of hydrogen-bond donors (Lipinski definition) is 3. The van der Waals surface area contributed by atoms with Crippen LogP contribution in [0.25, 0.3) is 0 Å². The first kappa shape index (κ1) is 28.9. The molecule has 0 rings (SSSR count). The molecule has 0 saturated heterocycles. The topological polar surface area (TPSA) is 78.8 Å². The first-order chi connectivity index (χ1) is 14.3. The highest BCUT2D eigenvalue weighted by molar-refractivity contribution is 5.68. The summed E-state index contributed by atoms with van der Waals surface area (Å²) in [6.07, 6.45) is 18.9. The van der Waals surface area contributed by atoms with E-state index in [1.807, 2.05) is 6.08 Å². The van der Waals surface area contributed by atoms with Gasteiger partial charge in [-0.2, -0.15) is 0 Å². The second-order valence-electron chi connectivity index (χ2n) is 9.36. The highest BCUT2D eigenvalue weighted by Gasteiger charge is 2.22. The second-order valence-corrected chi connectivity index (χ2v) is 9.36. The van der Waals surface area contributed by atoms with E-state index in [-0.39, 0.29) is 6.61 Å². The number of hydrogen-bond acceptors (Lipinski definition) is 4. The fourth-order valence-corrected chi connectivity index (χ4v) is 3.39. The SMILES string of the molecule is CCCCCCCCCCCCC/C=C/[C@@H](O)[C@H](CCCO)NC(=O)OC(C)(C)C. The highest BCUT2D eigenvalue weighted by Crippen LogP contribution is 2.13. The monoisotopic (exact) mass is 427 g/mol. The molecule has 0 aromatic carbocycles. The van der Waals surface area contributed by atoms with Crippen LogP contribution in [0, 0.1) is 0 Å². The Bertz CT molecular complexity index is 431. The van der Waals surface area contributed by atoms with Crippen LogP contribution in [0.4, 0.5) is 4.79 Å². The third-order valence-electron chi connectivity index (χ3n) is 5.10. The summed E-state index contributed by atoms with van der Waals surface area (Å²) in [5, 5.41) is 22.2. The van der Waals surface area contributed by atoms with Crippen LogP contribution in [0.1, 0.15) is 118 Å². The van der Waals surface area contributed by atoms with E-state index in [2.05, 4.69) is 12.2 Å². The van der Waals surface area contributed by atoms with Crippen LogP contribution in [0.5, 0.6) is 0 Å². The quantitative estimate of drug-likeness (QED) is 0.178. The van der Waals surface area contributed by atoms with Crippen LogP contribution in [-0.2, 0) is 4.74 Å². The zero-order chi connectivity index (χ0) is 22.7. The standard InChI is InChI=1S/C25H49NO4/c1-5-6-7-8-9-10-11-12-13-14-15-16-17-20-23(28)22(19-18-21-27)26-24(29)30-25(2,3)4/h17,20,22-23,27-28H,5-16,18-19,21H2,1-4H3,(H,26,29)/b20-17+/t22-,23+/m0/s1. The largest absolute Gasteiger partial charge is 0.444 e. The summed E-state index contributed by atoms with van der Waals surface area (Å²) >= 11 is 0. The van der Waals surface area contributed by atoms with E-state index in [1.54, 1.807) is 26.8 Å². The van der Waals surface area contributed by atoms with Crippen molar-refractivity contribution < 1.29 is 19.7 Å². The molecule has 0 spiro atoms. The Morgan fingerprint density at radius 3 is 1.97 bits per heavy atom. The van der Waals surface area contributed by atoms with Crippen LogP contribution in [-0.4, -0.2) is 40.7 Å². The van der Waals surface area contributed by atoms with Gasteiger partial charge in [-0.05, 0) is 46.5 Å². The number of carbonyl (C=O) groups is 1. The van der Waals surface area contributed by atoms with Gasteiger partial charge in [0, 0.05) is 6.61 Å². The maximum atomic E-state index is 12.0. The summed E-state index contributed by atoms with van der Waals surface area (Å²) in [5.74, 6) is 0. The van der Waals surface area contributed by atoms with Crippen LogP contribution in [0.2, 0.25) is 0 Å². The smallest absolute Gasteiger partial charge is 0.407 e. The van der Waals surface area contributed by atoms with E-state index < -0.39 is 23.8 Å². The van der Waals surface area contributed by atoms with Gasteiger partial charge in [-0.25, -0.2) is 4.79 Å². The molecule has 0 aliphatic heterocycles. The average Bonchev–Trinajstić information content (AvgIpc) is 2.67. The number of ether oxygens (including phenoxy) is 1. The van der Waals surface area contributed by atoms with Crippen LogP contribution in [0.15, 0.2) is 12.2 Å². The molecule has 178 valence electrons. The Labute approximate surface area is 185 Å². The van der Waals surface area contributed by atoms with Crippen molar-refractivity contribution >= 4 is 6.09 Å². The number of amides is 1. The summed E-state index contributed by atoms with van der Waals surface area (Å²) in [6.45, 7) is 7.70. The van der Waals surface area contributed by atoms with E-state index in [4.69, 9.17) is 9.84 Å². The first-order valence-corrected chi connectivity index (χ1v) is 12.2. The molecular weight excluding hydrogens is 378 g/mol. The molecule has 1 amide bonds. The third-order valence-corrected chi connectivity index (χ3v) is 5.10. The minimum absolute atomic E-state index is 0.0294. The molecule has 5 nitrogen and oxygen atoms in total. The molecule has 0 radical (unpaired) electrons. The van der Waals surface area contributed by atoms with Crippen LogP contribution in [0.3, 0.4) is 0 Å². The molecule has 0 aliphatic carbocycles. The van der Waals surface area contributed by atoms with Gasteiger partial charge >= 0.3 is 6.09 Å². The fraction of sp³-hybridized carbons (Fsp3) is 0.880. The zero-order valence-electron chi connectivity index (χ0n) is 20.1. The minimum atomic E-state index is -0.781. The van der Waals surface area contributed by atoms with Crippen molar-refractivity contribution in [3.05, 3.63) is 12.2 Å². The number of aliphatic hydroxyl groups excluding tert-OH is 2. The predicted molar refractivity (Wildman–Crippen MR) is 126 cm³/mol. The van der Waals surface area contributed by atoms with Crippen LogP contribution >= 0.6 is 0 Å². The molecule has 0 unspecified atom stereocenters. The molecule has 0 aromatic rings. The molecule has 3 N–H and O–H groups in total. The summed E-state index contributed by atoms with van der Waals surface area (Å²) in [5.41, 5.74) is -0.582. The molecule has 5 heteroatoms. The lowest BCUT2D eigenvalue weighted by atomic mass is 10.0. The van der Waals surface area contributed by atoms with E-state index in [0.717, 1.165) is 12.8 Å². The van der Waals surface area contributed by atoms with Gasteiger partial charge in [-0.1, -0.05) is 83.3 Å². The number of rotatable bonds is 18. The Morgan fingerprint density at radius 1 is 0.933 bits per heavy atom. The number of nitrogens with one attached hydrogen (secondary N) is 1. The Morgan fingerprint density at radius 2 is 1.47 bits per heavy atom. The van der Waals surface area contributed by atoms with E-state index in [9.17, 15) is 9.90 Å². The van der Waals surface area contributed by atoms with Crippen molar-refractivity contribution in [2.45, 2.75) is 135 Å². The van der Waals surface area contributed by atoms with E-state index in [1.165, 1.54) is 64.2 Å². The molecule has 0 fully saturated rings. The molecule has 0 saturated carbocycles. The van der Waals surface area contributed by atoms with Crippen molar-refractivity contribution in [1.82, 2.24) is 5.32 Å². The van der Waals surface area contributed by atoms with Gasteiger partial charge in [0.2, 0.25) is 0 Å². The zero-order valence-corrected chi connectivity index (χ0v) is 20.1. The summed E-state index contributed by atoms with van der Waals surface area (Å²) in [7, 11) is 0. The number of alkyl carbamates (subject to hydrolysis) is 1. The van der Waals surface area contributed by atoms with Gasteiger partial charge in [0.05, 0.1) is 12.1 Å². The molecule has 0 aromatic heterocycles. The summed E-state index contributed by atoms with van der Waals surface area (Å²) in [4.78, 5) is 12.0. The molecule has 2 atom stereocenters. The second kappa shape index (κ2) is 18.7. The van der Waals surface area contributed by atoms with Crippen molar-refractivity contribution in [2.75, 3.05) is 6.61 Å². The number of carbonyl (C=O) groups excluding carboxylic acids is 1. The molecule has 30 heavy (non-hydrogen) atoms. The summed E-state index contributed by atoms with van der Waals surface area (Å²) in [6, 6.07) is -0.458. The Kier molecular flexibility index (Phi) is 18.0. The molecule has 0 aliphatic rings. The number of aliphatic hydroxyl groups is 2. The number of allylic oxidation sites excluding steroid dienone is 1. The van der Waals surface area contributed by atoms with Crippen molar-refractivity contribution in [3.63, 3.8) is 0 Å². The lowest BCUT2D eigenvalue weighted by molar-refractivity contribution is 0.0445. The maximum absolute atomic E-state index is 12.0. The lowest BCUT2D eigenvalue weighted by Crippen LogP contribution is -2.45. The average molecular weight is 428 g/mol. The summed E-state index contributed by atoms with van der Waals surface area (Å²) < 4.78 is 5.27. The van der Waals surface area contributed by atoms with Gasteiger partial charge < -0.3 is 20.3 Å². The highest BCUT2D eigenvalue weighted by atomic mass is 16.6. The normalized spacial score (nSPS) is 14.1. The van der Waals surface area contributed by atoms with Crippen molar-refractivity contribution in [1.29, 1.82) is 0 Å². The molecular formula is C25H49NO4. The third kappa shape index (κ3) is 18.9. The Hall–Kier alpha value is -1.07. The molecule has 0 heterocycles. The van der Waals surface area contributed by atoms with E-state index >= 15 is 0 Å². The molecule has 0 bridgehead atoms. The van der Waals surface area contributed by atoms with Gasteiger partial charge in [0.25, 0.3) is 0 Å². The fourth-order valence-electron chi connectivity index (χ4n) is 3.39. The minimum Gasteiger partial charge on any atom is -0.444 e. The maximum Gasteiger partial charge on any atom is 0.407 e. The Balaban J connectivity index is 3.96. The first-order valence-electron chi connectivity index (χ1n) is 12.2. The van der Waals surface area contributed by atoms with Crippen molar-refractivity contribution in [3.8, 4) is 0 Å². The van der Waals surface area contributed by atoms with Gasteiger partial charge in [0.1, 0.15) is 5.60 Å². The van der Waals surface area contributed by atoms with Gasteiger partial charge in [0.15, 0.2) is 0 Å².